The molecule has 0 radical (unpaired) electrons. The quantitative estimate of drug-likeness (QED) is 0.483. The number of quaternary nitrogens is 1. The number of hydrogen-bond donors (Lipinski definition) is 0. The van der Waals surface area contributed by atoms with Crippen LogP contribution in [0.2, 0.25) is 0 Å². The maximum absolute atomic E-state index is 4.38. The second kappa shape index (κ2) is 3.10. The third kappa shape index (κ3) is 1.75. The van der Waals surface area contributed by atoms with E-state index in [1.807, 2.05) is 0 Å². The summed E-state index contributed by atoms with van der Waals surface area (Å²) in [6.45, 7) is 10.5. The largest absolute Gasteiger partial charge is 0.330 e. The molecule has 3 aliphatic carbocycles. The van der Waals surface area contributed by atoms with E-state index in [0.29, 0.717) is 5.41 Å². The fourth-order valence-electron chi connectivity index (χ4n) is 3.68. The second-order valence-electron chi connectivity index (χ2n) is 7.29. The maximum Gasteiger partial charge on any atom is 0.0846 e. The van der Waals surface area contributed by atoms with E-state index in [4.69, 9.17) is 0 Å². The highest BCUT2D eigenvalue weighted by Crippen LogP contribution is 2.62. The summed E-state index contributed by atoms with van der Waals surface area (Å²) in [4.78, 5) is 0. The lowest BCUT2D eigenvalue weighted by Gasteiger charge is -2.60. The highest BCUT2D eigenvalue weighted by molar-refractivity contribution is 5.22. The van der Waals surface area contributed by atoms with Crippen LogP contribution in [-0.4, -0.2) is 32.2 Å². The van der Waals surface area contributed by atoms with E-state index in [2.05, 4.69) is 41.6 Å². The summed E-state index contributed by atoms with van der Waals surface area (Å²) in [6, 6.07) is 0. The monoisotopic (exact) mass is 208 g/mol. The van der Waals surface area contributed by atoms with Crippen LogP contribution in [0.5, 0.6) is 0 Å². The predicted molar refractivity (Wildman–Crippen MR) is 65.5 cm³/mol. The van der Waals surface area contributed by atoms with Crippen LogP contribution in [-0.2, 0) is 0 Å². The van der Waals surface area contributed by atoms with E-state index >= 15 is 0 Å². The molecule has 0 N–H and O–H groups in total. The molecule has 0 amide bonds. The van der Waals surface area contributed by atoms with Gasteiger partial charge in [0, 0.05) is 5.92 Å². The van der Waals surface area contributed by atoms with Gasteiger partial charge in [0.15, 0.2) is 0 Å². The molecular formula is C14H26N+. The van der Waals surface area contributed by atoms with E-state index < -0.39 is 0 Å². The third-order valence-corrected chi connectivity index (χ3v) is 4.78. The van der Waals surface area contributed by atoms with Crippen molar-refractivity contribution in [2.24, 2.45) is 23.2 Å². The first-order chi connectivity index (χ1) is 6.72. The first-order valence-corrected chi connectivity index (χ1v) is 6.21. The van der Waals surface area contributed by atoms with Gasteiger partial charge in [0.25, 0.3) is 0 Å². The van der Waals surface area contributed by atoms with Crippen LogP contribution < -0.4 is 0 Å². The van der Waals surface area contributed by atoms with Crippen LogP contribution in [0.1, 0.15) is 26.7 Å². The minimum atomic E-state index is 0.554. The van der Waals surface area contributed by atoms with Gasteiger partial charge in [-0.2, -0.15) is 0 Å². The molecular weight excluding hydrogens is 182 g/mol. The van der Waals surface area contributed by atoms with Crippen molar-refractivity contribution in [3.8, 4) is 0 Å². The van der Waals surface area contributed by atoms with Crippen molar-refractivity contribution in [1.29, 1.82) is 0 Å². The molecule has 1 nitrogen and oxygen atoms in total. The molecule has 0 aromatic carbocycles. The molecule has 3 rings (SSSR count). The molecule has 0 aromatic heterocycles. The molecule has 0 aromatic rings. The van der Waals surface area contributed by atoms with Crippen molar-refractivity contribution < 1.29 is 4.48 Å². The van der Waals surface area contributed by atoms with Gasteiger partial charge in [-0.15, -0.1) is 0 Å². The average Bonchev–Trinajstić information content (AvgIpc) is 2.05. The van der Waals surface area contributed by atoms with Crippen LogP contribution in [0, 0.1) is 23.2 Å². The summed E-state index contributed by atoms with van der Waals surface area (Å²) in [5, 5.41) is 0. The summed E-state index contributed by atoms with van der Waals surface area (Å²) in [7, 11) is 6.87. The molecule has 0 spiro atoms. The van der Waals surface area contributed by atoms with Gasteiger partial charge in [-0.1, -0.05) is 26.0 Å². The second-order valence-corrected chi connectivity index (χ2v) is 7.29. The van der Waals surface area contributed by atoms with Crippen molar-refractivity contribution in [2.45, 2.75) is 26.7 Å². The summed E-state index contributed by atoms with van der Waals surface area (Å²) in [6.07, 6.45) is 2.80. The first kappa shape index (κ1) is 11.2. The molecule has 0 heterocycles. The highest BCUT2D eigenvalue weighted by Gasteiger charge is 2.55. The summed E-state index contributed by atoms with van der Waals surface area (Å²) in [5.74, 6) is 2.55. The molecule has 3 fully saturated rings. The number of hydrogen-bond acceptors (Lipinski definition) is 0. The topological polar surface area (TPSA) is 0 Å². The van der Waals surface area contributed by atoms with E-state index in [1.54, 1.807) is 5.57 Å². The van der Waals surface area contributed by atoms with Crippen LogP contribution in [0.4, 0.5) is 0 Å². The Balaban J connectivity index is 2.06. The van der Waals surface area contributed by atoms with Crippen LogP contribution >= 0.6 is 0 Å². The SMILES string of the molecule is C=C1C(C[N+](C)(C)C)CC2CC1C2(C)C. The molecule has 2 bridgehead atoms. The van der Waals surface area contributed by atoms with Gasteiger partial charge in [-0.25, -0.2) is 0 Å². The Morgan fingerprint density at radius 1 is 1.27 bits per heavy atom. The van der Waals surface area contributed by atoms with Gasteiger partial charge in [-0.05, 0) is 30.1 Å². The molecule has 3 unspecified atom stereocenters. The molecule has 15 heavy (non-hydrogen) atoms. The zero-order chi connectivity index (χ0) is 11.4. The van der Waals surface area contributed by atoms with Gasteiger partial charge < -0.3 is 4.48 Å². The van der Waals surface area contributed by atoms with Gasteiger partial charge in [0.05, 0.1) is 27.7 Å². The number of fused-ring (bicyclic) bond motifs is 2. The summed E-state index contributed by atoms with van der Waals surface area (Å²) in [5.41, 5.74) is 2.11. The fraction of sp³-hybridized carbons (Fsp3) is 0.857. The zero-order valence-corrected chi connectivity index (χ0v) is 11.0. The van der Waals surface area contributed by atoms with Crippen LogP contribution in [0.25, 0.3) is 0 Å². The predicted octanol–water partition coefficient (Wildman–Crippen LogP) is 2.93. The zero-order valence-electron chi connectivity index (χ0n) is 11.0. The minimum absolute atomic E-state index is 0.554. The number of nitrogens with zero attached hydrogens (tertiary/aromatic N) is 1. The Kier molecular flexibility index (Phi) is 2.31. The van der Waals surface area contributed by atoms with Crippen molar-refractivity contribution in [3.05, 3.63) is 12.2 Å². The van der Waals surface area contributed by atoms with Crippen LogP contribution in [0.3, 0.4) is 0 Å². The Morgan fingerprint density at radius 2 is 1.87 bits per heavy atom. The minimum Gasteiger partial charge on any atom is -0.330 e. The Labute approximate surface area is 94.8 Å². The fourth-order valence-corrected chi connectivity index (χ4v) is 3.68. The third-order valence-electron chi connectivity index (χ3n) is 4.78. The van der Waals surface area contributed by atoms with E-state index in [-0.39, 0.29) is 0 Å². The number of rotatable bonds is 2. The van der Waals surface area contributed by atoms with Gasteiger partial charge in [0.1, 0.15) is 0 Å². The van der Waals surface area contributed by atoms with Crippen LogP contribution in [0.15, 0.2) is 12.2 Å². The summed E-state index contributed by atoms with van der Waals surface area (Å²) >= 11 is 0. The standard InChI is InChI=1S/C14H26N/c1-10-11(9-15(4,5)6)7-12-8-13(10)14(12,2)3/h11-13H,1,7-9H2,2-6H3/q+1. The van der Waals surface area contributed by atoms with E-state index in [9.17, 15) is 0 Å². The molecule has 86 valence electrons. The molecule has 1 heteroatoms. The molecule has 3 aliphatic rings. The Morgan fingerprint density at radius 3 is 2.27 bits per heavy atom. The maximum atomic E-state index is 4.38. The normalized spacial score (nSPS) is 38.7. The smallest absolute Gasteiger partial charge is 0.0846 e. The Hall–Kier alpha value is -0.300. The lowest BCUT2D eigenvalue weighted by atomic mass is 9.45. The van der Waals surface area contributed by atoms with E-state index in [1.165, 1.54) is 19.4 Å². The molecule has 3 atom stereocenters. The lowest BCUT2D eigenvalue weighted by molar-refractivity contribution is -0.873. The summed E-state index contributed by atoms with van der Waals surface area (Å²) < 4.78 is 1.07. The average molecular weight is 208 g/mol. The van der Waals surface area contributed by atoms with E-state index in [0.717, 1.165) is 22.2 Å². The van der Waals surface area contributed by atoms with Crippen molar-refractivity contribution in [3.63, 3.8) is 0 Å². The lowest BCUT2D eigenvalue weighted by Crippen LogP contribution is -2.54. The molecule has 0 saturated heterocycles. The molecule has 3 saturated carbocycles. The van der Waals surface area contributed by atoms with Gasteiger partial charge in [0.2, 0.25) is 0 Å². The molecule has 0 aliphatic heterocycles. The first-order valence-electron chi connectivity index (χ1n) is 6.21. The van der Waals surface area contributed by atoms with Crippen molar-refractivity contribution in [2.75, 3.05) is 27.7 Å². The van der Waals surface area contributed by atoms with Crippen molar-refractivity contribution >= 4 is 0 Å². The Bertz CT molecular complexity index is 282. The van der Waals surface area contributed by atoms with Crippen molar-refractivity contribution in [1.82, 2.24) is 0 Å². The van der Waals surface area contributed by atoms with Gasteiger partial charge in [-0.3, -0.25) is 0 Å². The van der Waals surface area contributed by atoms with Gasteiger partial charge >= 0.3 is 0 Å². The highest BCUT2D eigenvalue weighted by atomic mass is 15.3.